The Morgan fingerprint density at radius 1 is 0.583 bits per heavy atom. The molecule has 1 aromatic carbocycles. The molecule has 0 atom stereocenters. The maximum Gasteiger partial charge on any atom is 0.0575 e. The summed E-state index contributed by atoms with van der Waals surface area (Å²) in [4.78, 5) is 0. The third-order valence-electron chi connectivity index (χ3n) is 9.49. The van der Waals surface area contributed by atoms with E-state index < -0.39 is 0 Å². The Kier molecular flexibility index (Phi) is 15.2. The fraction of sp³-hybridized carbons (Fsp3) is 0.829. The molecule has 0 aliphatic heterocycles. The van der Waals surface area contributed by atoms with Crippen LogP contribution in [-0.4, -0.2) is 12.7 Å². The molecule has 0 N–H and O–H groups in total. The van der Waals surface area contributed by atoms with E-state index in [1.165, 1.54) is 147 Å². The van der Waals surface area contributed by atoms with Crippen molar-refractivity contribution in [2.45, 2.75) is 167 Å². The minimum absolute atomic E-state index is 0.520. The molecule has 0 amide bonds. The van der Waals surface area contributed by atoms with Gasteiger partial charge in [-0.2, -0.15) is 0 Å². The highest BCUT2D eigenvalue weighted by atomic mass is 16.5. The zero-order chi connectivity index (χ0) is 25.3. The molecule has 2 saturated carbocycles. The van der Waals surface area contributed by atoms with Gasteiger partial charge in [0.05, 0.1) is 6.10 Å². The van der Waals surface area contributed by atoms with E-state index in [0.29, 0.717) is 6.10 Å². The molecule has 1 heteroatoms. The van der Waals surface area contributed by atoms with Gasteiger partial charge in [-0.05, 0) is 80.2 Å². The molecule has 0 heterocycles. The van der Waals surface area contributed by atoms with Crippen LogP contribution in [0.5, 0.6) is 0 Å². The summed E-state index contributed by atoms with van der Waals surface area (Å²) in [7, 11) is 0. The van der Waals surface area contributed by atoms with Crippen molar-refractivity contribution in [2.24, 2.45) is 11.8 Å². The van der Waals surface area contributed by atoms with Gasteiger partial charge < -0.3 is 4.74 Å². The van der Waals surface area contributed by atoms with Crippen LogP contribution in [0.1, 0.15) is 166 Å². The molecule has 0 saturated heterocycles. The van der Waals surface area contributed by atoms with Crippen molar-refractivity contribution in [3.63, 3.8) is 0 Å². The molecule has 2 aliphatic carbocycles. The van der Waals surface area contributed by atoms with Crippen LogP contribution in [-0.2, 0) is 11.2 Å². The van der Waals surface area contributed by atoms with Crippen molar-refractivity contribution in [3.05, 3.63) is 35.4 Å². The molecular formula is C35H60O. The van der Waals surface area contributed by atoms with Crippen LogP contribution >= 0.6 is 0 Å². The minimum Gasteiger partial charge on any atom is -0.378 e. The number of unbranched alkanes of at least 4 members (excludes halogenated alkanes) is 8. The highest BCUT2D eigenvalue weighted by molar-refractivity contribution is 5.26. The summed E-state index contributed by atoms with van der Waals surface area (Å²) in [5.74, 6) is 2.78. The zero-order valence-corrected chi connectivity index (χ0v) is 24.3. The number of aryl methyl sites for hydroxylation is 1. The minimum atomic E-state index is 0.520. The smallest absolute Gasteiger partial charge is 0.0575 e. The molecular weight excluding hydrogens is 436 g/mol. The molecule has 0 bridgehead atoms. The molecule has 0 radical (unpaired) electrons. The van der Waals surface area contributed by atoms with Crippen molar-refractivity contribution >= 4 is 0 Å². The van der Waals surface area contributed by atoms with Crippen LogP contribution in [0.15, 0.2) is 24.3 Å². The topological polar surface area (TPSA) is 9.23 Å². The number of benzene rings is 1. The Morgan fingerprint density at radius 2 is 1.14 bits per heavy atom. The highest BCUT2D eigenvalue weighted by Gasteiger charge is 2.24. The first-order chi connectivity index (χ1) is 17.8. The molecule has 1 aromatic rings. The largest absolute Gasteiger partial charge is 0.378 e. The van der Waals surface area contributed by atoms with Gasteiger partial charge in [0, 0.05) is 6.61 Å². The first-order valence-corrected chi connectivity index (χ1v) is 16.5. The zero-order valence-electron chi connectivity index (χ0n) is 24.3. The van der Waals surface area contributed by atoms with E-state index in [1.54, 1.807) is 5.56 Å². The fourth-order valence-electron chi connectivity index (χ4n) is 6.92. The Bertz CT molecular complexity index is 633. The van der Waals surface area contributed by atoms with Gasteiger partial charge in [-0.3, -0.25) is 0 Å². The Morgan fingerprint density at radius 3 is 1.75 bits per heavy atom. The van der Waals surface area contributed by atoms with E-state index in [4.69, 9.17) is 4.74 Å². The van der Waals surface area contributed by atoms with Gasteiger partial charge >= 0.3 is 0 Å². The Hall–Kier alpha value is -0.820. The van der Waals surface area contributed by atoms with Gasteiger partial charge in [-0.15, -0.1) is 0 Å². The molecule has 36 heavy (non-hydrogen) atoms. The van der Waals surface area contributed by atoms with E-state index in [0.717, 1.165) is 24.4 Å². The first kappa shape index (κ1) is 29.7. The van der Waals surface area contributed by atoms with Crippen LogP contribution in [0.3, 0.4) is 0 Å². The number of hydrogen-bond acceptors (Lipinski definition) is 1. The fourth-order valence-corrected chi connectivity index (χ4v) is 6.92. The van der Waals surface area contributed by atoms with Crippen molar-refractivity contribution < 1.29 is 4.74 Å². The van der Waals surface area contributed by atoms with E-state index in [9.17, 15) is 0 Å². The molecule has 2 aliphatic rings. The predicted molar refractivity (Wildman–Crippen MR) is 158 cm³/mol. The van der Waals surface area contributed by atoms with E-state index in [1.807, 2.05) is 0 Å². The third-order valence-corrected chi connectivity index (χ3v) is 9.49. The molecule has 1 nitrogen and oxygen atoms in total. The van der Waals surface area contributed by atoms with Gasteiger partial charge in [0.15, 0.2) is 0 Å². The Labute approximate surface area is 225 Å². The highest BCUT2D eigenvalue weighted by Crippen LogP contribution is 2.36. The van der Waals surface area contributed by atoms with Crippen LogP contribution in [0, 0.1) is 11.8 Å². The second-order valence-corrected chi connectivity index (χ2v) is 12.5. The van der Waals surface area contributed by atoms with Crippen molar-refractivity contribution in [1.29, 1.82) is 0 Å². The number of hydrogen-bond donors (Lipinski definition) is 0. The average Bonchev–Trinajstić information content (AvgIpc) is 2.92. The van der Waals surface area contributed by atoms with E-state index in [2.05, 4.69) is 38.1 Å². The average molecular weight is 497 g/mol. The van der Waals surface area contributed by atoms with Gasteiger partial charge in [0.25, 0.3) is 0 Å². The molecule has 206 valence electrons. The molecule has 0 unspecified atom stereocenters. The van der Waals surface area contributed by atoms with Crippen LogP contribution in [0.4, 0.5) is 0 Å². The summed E-state index contributed by atoms with van der Waals surface area (Å²) in [6.45, 7) is 5.61. The second kappa shape index (κ2) is 18.4. The van der Waals surface area contributed by atoms with Crippen LogP contribution < -0.4 is 0 Å². The molecule has 2 fully saturated rings. The number of rotatable bonds is 18. The maximum absolute atomic E-state index is 6.36. The summed E-state index contributed by atoms with van der Waals surface area (Å²) in [5, 5.41) is 0. The lowest BCUT2D eigenvalue weighted by molar-refractivity contribution is 0.0204. The van der Waals surface area contributed by atoms with E-state index in [-0.39, 0.29) is 0 Å². The van der Waals surface area contributed by atoms with Crippen molar-refractivity contribution in [2.75, 3.05) is 6.61 Å². The quantitative estimate of drug-likeness (QED) is 0.184. The number of ether oxygens (including phenoxy) is 1. The van der Waals surface area contributed by atoms with Gasteiger partial charge in [0.1, 0.15) is 0 Å². The third kappa shape index (κ3) is 11.7. The normalized spacial score (nSPS) is 24.7. The van der Waals surface area contributed by atoms with E-state index >= 15 is 0 Å². The first-order valence-electron chi connectivity index (χ1n) is 16.5. The maximum atomic E-state index is 6.36. The van der Waals surface area contributed by atoms with Gasteiger partial charge in [0.2, 0.25) is 0 Å². The molecule has 0 spiro atoms. The monoisotopic (exact) mass is 496 g/mol. The lowest BCUT2D eigenvalue weighted by Gasteiger charge is -2.30. The van der Waals surface area contributed by atoms with Crippen molar-refractivity contribution in [3.8, 4) is 0 Å². The molecule has 3 rings (SSSR count). The van der Waals surface area contributed by atoms with Gasteiger partial charge in [-0.1, -0.05) is 128 Å². The lowest BCUT2D eigenvalue weighted by Crippen LogP contribution is -2.21. The second-order valence-electron chi connectivity index (χ2n) is 12.5. The lowest BCUT2D eigenvalue weighted by atomic mass is 9.78. The SMILES string of the molecule is CCCCCCCc1ccc(C2CCC(OCCCC3CCC(CCCCCCC)CC3)CC2)cc1. The molecule has 0 aromatic heterocycles. The summed E-state index contributed by atoms with van der Waals surface area (Å²) in [6.07, 6.45) is 31.2. The summed E-state index contributed by atoms with van der Waals surface area (Å²) in [6, 6.07) is 9.65. The van der Waals surface area contributed by atoms with Crippen LogP contribution in [0.2, 0.25) is 0 Å². The standard InChI is InChI=1S/C35H60O/c1-3-5-7-9-11-14-30-17-19-32(20-18-30)16-13-29-36-35-27-25-34(26-28-35)33-23-21-31(22-24-33)15-12-10-8-6-4-2/h21-24,30,32,34-35H,3-20,25-29H2,1-2H3. The van der Waals surface area contributed by atoms with Crippen LogP contribution in [0.25, 0.3) is 0 Å². The summed E-state index contributed by atoms with van der Waals surface area (Å²) < 4.78 is 6.36. The Balaban J connectivity index is 1.19. The van der Waals surface area contributed by atoms with Gasteiger partial charge in [-0.25, -0.2) is 0 Å². The summed E-state index contributed by atoms with van der Waals surface area (Å²) >= 11 is 0. The summed E-state index contributed by atoms with van der Waals surface area (Å²) in [5.41, 5.74) is 3.10. The predicted octanol–water partition coefficient (Wildman–Crippen LogP) is 11.2. The van der Waals surface area contributed by atoms with Crippen molar-refractivity contribution in [1.82, 2.24) is 0 Å².